The number of rotatable bonds is 2. The van der Waals surface area contributed by atoms with Crippen molar-refractivity contribution in [3.63, 3.8) is 0 Å². The Bertz CT molecular complexity index is 718. The molecular formula is C18H18N2O2. The number of amides is 1. The number of aromatic hydroxyl groups is 1. The molecule has 0 saturated heterocycles. The lowest BCUT2D eigenvalue weighted by Gasteiger charge is -2.20. The average Bonchev–Trinajstić information content (AvgIpc) is 2.94. The van der Waals surface area contributed by atoms with Crippen LogP contribution in [-0.4, -0.2) is 21.7 Å². The fourth-order valence-corrected chi connectivity index (χ4v) is 2.68. The summed E-state index contributed by atoms with van der Waals surface area (Å²) in [6.45, 7) is 3.57. The summed E-state index contributed by atoms with van der Waals surface area (Å²) in [5.41, 5.74) is 4.12. The summed E-state index contributed by atoms with van der Waals surface area (Å²) in [6.07, 6.45) is 0.674. The second kappa shape index (κ2) is 5.64. The van der Waals surface area contributed by atoms with Crippen LogP contribution in [0.1, 0.15) is 36.1 Å². The van der Waals surface area contributed by atoms with Gasteiger partial charge in [0.1, 0.15) is 5.75 Å². The Morgan fingerprint density at radius 1 is 1.14 bits per heavy atom. The van der Waals surface area contributed by atoms with Crippen LogP contribution in [0.5, 0.6) is 5.75 Å². The number of hydrogen-bond donors (Lipinski definition) is 1. The number of phenols is 1. The number of nitrogens with zero attached hydrogens (tertiary/aromatic N) is 2. The minimum absolute atomic E-state index is 0.0832. The second-order valence-corrected chi connectivity index (χ2v) is 5.59. The van der Waals surface area contributed by atoms with Crippen LogP contribution in [0.4, 0.5) is 0 Å². The number of benzene rings is 2. The topological polar surface area (TPSA) is 52.9 Å². The van der Waals surface area contributed by atoms with Gasteiger partial charge in [0.15, 0.2) is 0 Å². The molecule has 1 amide bonds. The fraction of sp³-hybridized carbons (Fsp3) is 0.222. The number of aryl methyl sites for hydroxylation is 1. The van der Waals surface area contributed by atoms with Crippen molar-refractivity contribution >= 4 is 11.6 Å². The Morgan fingerprint density at radius 3 is 2.36 bits per heavy atom. The molecule has 0 aromatic heterocycles. The maximum Gasteiger partial charge on any atom is 0.240 e. The lowest BCUT2D eigenvalue weighted by atomic mass is 9.98. The molecule has 1 atom stereocenters. The monoisotopic (exact) mass is 294 g/mol. The first-order chi connectivity index (χ1) is 10.5. The van der Waals surface area contributed by atoms with Crippen LogP contribution >= 0.6 is 0 Å². The smallest absolute Gasteiger partial charge is 0.240 e. The summed E-state index contributed by atoms with van der Waals surface area (Å²) >= 11 is 0. The van der Waals surface area contributed by atoms with Crippen molar-refractivity contribution in [2.24, 2.45) is 5.10 Å². The van der Waals surface area contributed by atoms with E-state index in [9.17, 15) is 9.90 Å². The highest BCUT2D eigenvalue weighted by molar-refractivity contribution is 6.03. The van der Waals surface area contributed by atoms with Crippen molar-refractivity contribution in [1.82, 2.24) is 5.01 Å². The van der Waals surface area contributed by atoms with E-state index in [-0.39, 0.29) is 17.7 Å². The van der Waals surface area contributed by atoms with Gasteiger partial charge in [-0.2, -0.15) is 5.10 Å². The predicted molar refractivity (Wildman–Crippen MR) is 85.7 cm³/mol. The van der Waals surface area contributed by atoms with Gasteiger partial charge in [0.05, 0.1) is 11.8 Å². The van der Waals surface area contributed by atoms with Gasteiger partial charge in [-0.25, -0.2) is 5.01 Å². The van der Waals surface area contributed by atoms with Gasteiger partial charge < -0.3 is 5.11 Å². The summed E-state index contributed by atoms with van der Waals surface area (Å²) in [5.74, 6) is 0.135. The minimum atomic E-state index is -0.116. The largest absolute Gasteiger partial charge is 0.508 e. The van der Waals surface area contributed by atoms with Crippen LogP contribution in [-0.2, 0) is 4.79 Å². The standard InChI is InChI=1S/C18H18N2O2/c1-12-3-5-14(6-4-12)17-11-18(20(19-17)13(2)21)15-7-9-16(22)10-8-15/h3-10,18,22H,11H2,1-2H3. The molecule has 4 heteroatoms. The molecule has 0 radical (unpaired) electrons. The highest BCUT2D eigenvalue weighted by Crippen LogP contribution is 2.33. The van der Waals surface area contributed by atoms with E-state index in [4.69, 9.17) is 0 Å². The van der Waals surface area contributed by atoms with Crippen LogP contribution in [0, 0.1) is 6.92 Å². The third-order valence-electron chi connectivity index (χ3n) is 3.90. The molecule has 0 bridgehead atoms. The zero-order chi connectivity index (χ0) is 15.7. The van der Waals surface area contributed by atoms with Gasteiger partial charge in [0.2, 0.25) is 5.91 Å². The van der Waals surface area contributed by atoms with Crippen molar-refractivity contribution in [3.8, 4) is 5.75 Å². The van der Waals surface area contributed by atoms with Crippen LogP contribution in [0.25, 0.3) is 0 Å². The van der Waals surface area contributed by atoms with Gasteiger partial charge in [-0.1, -0.05) is 42.0 Å². The summed E-state index contributed by atoms with van der Waals surface area (Å²) in [6, 6.07) is 15.0. The van der Waals surface area contributed by atoms with Gasteiger partial charge in [0, 0.05) is 13.3 Å². The van der Waals surface area contributed by atoms with Gasteiger partial charge in [0.25, 0.3) is 0 Å². The zero-order valence-corrected chi connectivity index (χ0v) is 12.7. The van der Waals surface area contributed by atoms with Crippen LogP contribution in [0.3, 0.4) is 0 Å². The summed E-state index contributed by atoms with van der Waals surface area (Å²) in [7, 11) is 0. The van der Waals surface area contributed by atoms with Crippen molar-refractivity contribution in [2.45, 2.75) is 26.3 Å². The van der Waals surface area contributed by atoms with E-state index in [2.05, 4.69) is 5.10 Å². The fourth-order valence-electron chi connectivity index (χ4n) is 2.68. The molecule has 1 unspecified atom stereocenters. The molecule has 1 N–H and O–H groups in total. The Balaban J connectivity index is 1.92. The third kappa shape index (κ3) is 2.72. The van der Waals surface area contributed by atoms with E-state index in [1.165, 1.54) is 17.5 Å². The first kappa shape index (κ1) is 14.3. The Kier molecular flexibility index (Phi) is 3.67. The molecule has 0 spiro atoms. The predicted octanol–water partition coefficient (Wildman–Crippen LogP) is 3.40. The van der Waals surface area contributed by atoms with E-state index >= 15 is 0 Å². The van der Waals surface area contributed by atoms with Gasteiger partial charge in [-0.15, -0.1) is 0 Å². The molecule has 3 rings (SSSR count). The molecule has 0 aliphatic carbocycles. The van der Waals surface area contributed by atoms with E-state index in [0.717, 1.165) is 16.8 Å². The molecule has 112 valence electrons. The number of phenolic OH excluding ortho intramolecular Hbond substituents is 1. The maximum absolute atomic E-state index is 11.9. The van der Waals surface area contributed by atoms with Gasteiger partial charge >= 0.3 is 0 Å². The number of hydrazone groups is 1. The third-order valence-corrected chi connectivity index (χ3v) is 3.90. The highest BCUT2D eigenvalue weighted by atomic mass is 16.3. The number of carbonyl (C=O) groups is 1. The van der Waals surface area contributed by atoms with Crippen molar-refractivity contribution < 1.29 is 9.90 Å². The Morgan fingerprint density at radius 2 is 1.77 bits per heavy atom. The molecular weight excluding hydrogens is 276 g/mol. The van der Waals surface area contributed by atoms with E-state index in [0.29, 0.717) is 6.42 Å². The zero-order valence-electron chi connectivity index (χ0n) is 12.7. The highest BCUT2D eigenvalue weighted by Gasteiger charge is 2.31. The lowest BCUT2D eigenvalue weighted by molar-refractivity contribution is -0.130. The normalized spacial score (nSPS) is 17.5. The molecule has 22 heavy (non-hydrogen) atoms. The molecule has 0 fully saturated rings. The molecule has 0 saturated carbocycles. The van der Waals surface area contributed by atoms with E-state index < -0.39 is 0 Å². The first-order valence-corrected chi connectivity index (χ1v) is 7.28. The lowest BCUT2D eigenvalue weighted by Crippen LogP contribution is -2.24. The van der Waals surface area contributed by atoms with Crippen LogP contribution in [0.2, 0.25) is 0 Å². The van der Waals surface area contributed by atoms with Gasteiger partial charge in [-0.3, -0.25) is 4.79 Å². The number of hydrogen-bond acceptors (Lipinski definition) is 3. The Labute approximate surface area is 129 Å². The molecule has 1 aliphatic rings. The molecule has 2 aromatic carbocycles. The van der Waals surface area contributed by atoms with Crippen molar-refractivity contribution in [3.05, 3.63) is 65.2 Å². The Hall–Kier alpha value is -2.62. The maximum atomic E-state index is 11.9. The average molecular weight is 294 g/mol. The summed E-state index contributed by atoms with van der Waals surface area (Å²) in [4.78, 5) is 11.9. The number of carbonyl (C=O) groups excluding carboxylic acids is 1. The van der Waals surface area contributed by atoms with Gasteiger partial charge in [-0.05, 0) is 30.2 Å². The van der Waals surface area contributed by atoms with E-state index in [1.54, 1.807) is 12.1 Å². The SMILES string of the molecule is CC(=O)N1N=C(c2ccc(C)cc2)CC1c1ccc(O)cc1. The first-order valence-electron chi connectivity index (χ1n) is 7.28. The summed E-state index contributed by atoms with van der Waals surface area (Å²) < 4.78 is 0. The molecule has 1 heterocycles. The second-order valence-electron chi connectivity index (χ2n) is 5.59. The molecule has 2 aromatic rings. The van der Waals surface area contributed by atoms with Crippen molar-refractivity contribution in [1.29, 1.82) is 0 Å². The minimum Gasteiger partial charge on any atom is -0.508 e. The molecule has 4 nitrogen and oxygen atoms in total. The van der Waals surface area contributed by atoms with Crippen molar-refractivity contribution in [2.75, 3.05) is 0 Å². The van der Waals surface area contributed by atoms with Crippen LogP contribution < -0.4 is 0 Å². The van der Waals surface area contributed by atoms with E-state index in [1.807, 2.05) is 43.3 Å². The molecule has 1 aliphatic heterocycles. The van der Waals surface area contributed by atoms with Crippen LogP contribution in [0.15, 0.2) is 53.6 Å². The summed E-state index contributed by atoms with van der Waals surface area (Å²) in [5, 5.41) is 15.5. The quantitative estimate of drug-likeness (QED) is 0.923.